The first-order valence-corrected chi connectivity index (χ1v) is 11.6. The molecule has 10 heteroatoms. The van der Waals surface area contributed by atoms with Crippen LogP contribution in [-0.2, 0) is 21.9 Å². The standard InChI is InChI=1S/C21H26N4O5S/c1-14-11-17(14)19-5-3-15(30-19)4-6-20(26)24-7-9-25(10-8-24)31(28,29)16-12-18(21(22)27)23(2)13-16/h3-6,12-14,17H,7-11H2,1-2H3,(H2,22,27)/b6-4+. The van der Waals surface area contributed by atoms with Crippen molar-refractivity contribution in [2.24, 2.45) is 18.7 Å². The minimum absolute atomic E-state index is 0.0158. The maximum absolute atomic E-state index is 12.9. The van der Waals surface area contributed by atoms with Crippen molar-refractivity contribution in [1.29, 1.82) is 0 Å². The molecule has 2 aromatic rings. The number of hydrogen-bond donors (Lipinski definition) is 1. The van der Waals surface area contributed by atoms with E-state index in [1.165, 1.54) is 27.2 Å². The van der Waals surface area contributed by atoms with Crippen LogP contribution in [0.5, 0.6) is 0 Å². The molecule has 2 fully saturated rings. The molecular formula is C21H26N4O5S. The van der Waals surface area contributed by atoms with Crippen molar-refractivity contribution >= 4 is 27.9 Å². The van der Waals surface area contributed by atoms with Crippen LogP contribution in [0.1, 0.15) is 41.3 Å². The number of hydrogen-bond acceptors (Lipinski definition) is 5. The van der Waals surface area contributed by atoms with E-state index in [4.69, 9.17) is 10.2 Å². The number of nitrogens with two attached hydrogens (primary N) is 1. The summed E-state index contributed by atoms with van der Waals surface area (Å²) in [5.41, 5.74) is 5.39. The fraction of sp³-hybridized carbons (Fsp3) is 0.429. The van der Waals surface area contributed by atoms with E-state index in [9.17, 15) is 18.0 Å². The molecule has 1 saturated carbocycles. The van der Waals surface area contributed by atoms with Gasteiger partial charge in [0.15, 0.2) is 0 Å². The zero-order valence-corrected chi connectivity index (χ0v) is 18.3. The lowest BCUT2D eigenvalue weighted by Crippen LogP contribution is -2.50. The lowest BCUT2D eigenvalue weighted by molar-refractivity contribution is -0.127. The summed E-state index contributed by atoms with van der Waals surface area (Å²) in [7, 11) is -2.21. The van der Waals surface area contributed by atoms with Gasteiger partial charge in [0.25, 0.3) is 5.91 Å². The van der Waals surface area contributed by atoms with E-state index in [1.807, 2.05) is 12.1 Å². The molecule has 0 spiro atoms. The van der Waals surface area contributed by atoms with Crippen LogP contribution in [0.4, 0.5) is 0 Å². The Morgan fingerprint density at radius 3 is 2.45 bits per heavy atom. The van der Waals surface area contributed by atoms with Crippen molar-refractivity contribution in [3.8, 4) is 0 Å². The maximum Gasteiger partial charge on any atom is 0.265 e. The molecule has 2 N–H and O–H groups in total. The Bertz CT molecular complexity index is 1140. The number of carbonyl (C=O) groups excluding carboxylic acids is 2. The van der Waals surface area contributed by atoms with Gasteiger partial charge in [-0.25, -0.2) is 8.42 Å². The van der Waals surface area contributed by atoms with Crippen molar-refractivity contribution in [3.63, 3.8) is 0 Å². The third kappa shape index (κ3) is 4.31. The average Bonchev–Trinajstić information content (AvgIpc) is 3.13. The molecule has 4 rings (SSSR count). The minimum Gasteiger partial charge on any atom is -0.461 e. The summed E-state index contributed by atoms with van der Waals surface area (Å²) >= 11 is 0. The minimum atomic E-state index is -3.77. The number of sulfonamides is 1. The van der Waals surface area contributed by atoms with E-state index < -0.39 is 15.9 Å². The highest BCUT2D eigenvalue weighted by Crippen LogP contribution is 2.47. The number of aryl methyl sites for hydroxylation is 1. The molecule has 9 nitrogen and oxygen atoms in total. The van der Waals surface area contributed by atoms with E-state index >= 15 is 0 Å². The van der Waals surface area contributed by atoms with Gasteiger partial charge in [-0.1, -0.05) is 6.92 Å². The predicted molar refractivity (Wildman–Crippen MR) is 114 cm³/mol. The zero-order chi connectivity index (χ0) is 22.3. The summed E-state index contributed by atoms with van der Waals surface area (Å²) < 4.78 is 34.2. The van der Waals surface area contributed by atoms with Crippen LogP contribution in [0, 0.1) is 5.92 Å². The molecule has 166 valence electrons. The van der Waals surface area contributed by atoms with Gasteiger partial charge in [-0.15, -0.1) is 0 Å². The second-order valence-electron chi connectivity index (χ2n) is 8.16. The topological polar surface area (TPSA) is 119 Å². The first kappa shape index (κ1) is 21.4. The van der Waals surface area contributed by atoms with Crippen molar-refractivity contribution in [3.05, 3.63) is 47.7 Å². The van der Waals surface area contributed by atoms with Gasteiger partial charge in [-0.3, -0.25) is 9.59 Å². The second kappa shape index (κ2) is 8.01. The number of furan rings is 1. The molecular weight excluding hydrogens is 420 g/mol. The molecule has 2 aliphatic rings. The first-order valence-electron chi connectivity index (χ1n) is 10.2. The van der Waals surface area contributed by atoms with Gasteiger partial charge in [-0.05, 0) is 36.6 Å². The fourth-order valence-electron chi connectivity index (χ4n) is 3.85. The summed E-state index contributed by atoms with van der Waals surface area (Å²) in [6.07, 6.45) is 5.61. The van der Waals surface area contributed by atoms with Gasteiger partial charge in [0, 0.05) is 51.4 Å². The van der Waals surface area contributed by atoms with Gasteiger partial charge in [-0.2, -0.15) is 4.31 Å². The molecule has 2 amide bonds. The molecule has 1 aliphatic carbocycles. The SMILES string of the molecule is CC1CC1c1ccc(/C=C/C(=O)N2CCN(S(=O)(=O)c3cc(C(N)=O)n(C)c3)CC2)o1. The van der Waals surface area contributed by atoms with Crippen LogP contribution < -0.4 is 5.73 Å². The van der Waals surface area contributed by atoms with Crippen molar-refractivity contribution in [1.82, 2.24) is 13.8 Å². The largest absolute Gasteiger partial charge is 0.461 e. The van der Waals surface area contributed by atoms with Gasteiger partial charge in [0.1, 0.15) is 22.1 Å². The Hall–Kier alpha value is -2.85. The molecule has 0 radical (unpaired) electrons. The smallest absolute Gasteiger partial charge is 0.265 e. The molecule has 3 heterocycles. The first-order chi connectivity index (χ1) is 14.7. The zero-order valence-electron chi connectivity index (χ0n) is 17.5. The number of piperazine rings is 1. The number of rotatable bonds is 6. The Morgan fingerprint density at radius 1 is 1.19 bits per heavy atom. The highest BCUT2D eigenvalue weighted by molar-refractivity contribution is 7.89. The summed E-state index contributed by atoms with van der Waals surface area (Å²) in [4.78, 5) is 25.5. The fourth-order valence-corrected chi connectivity index (χ4v) is 5.35. The molecule has 2 aromatic heterocycles. The van der Waals surface area contributed by atoms with Gasteiger partial charge >= 0.3 is 0 Å². The molecule has 1 aliphatic heterocycles. The third-order valence-corrected chi connectivity index (χ3v) is 7.80. The lowest BCUT2D eigenvalue weighted by atomic mass is 10.3. The molecule has 0 aromatic carbocycles. The Kier molecular flexibility index (Phi) is 5.52. The number of carbonyl (C=O) groups is 2. The van der Waals surface area contributed by atoms with Crippen LogP contribution in [0.3, 0.4) is 0 Å². The second-order valence-corrected chi connectivity index (χ2v) is 10.1. The van der Waals surface area contributed by atoms with Crippen LogP contribution in [-0.4, -0.2) is 60.2 Å². The Morgan fingerprint density at radius 2 is 1.87 bits per heavy atom. The average molecular weight is 447 g/mol. The van der Waals surface area contributed by atoms with Crippen molar-refractivity contribution in [2.75, 3.05) is 26.2 Å². The number of primary amides is 1. The normalized spacial score (nSPS) is 22.2. The number of aromatic nitrogens is 1. The maximum atomic E-state index is 12.9. The highest BCUT2D eigenvalue weighted by atomic mass is 32.2. The van der Waals surface area contributed by atoms with E-state index in [2.05, 4.69) is 6.92 Å². The summed E-state index contributed by atoms with van der Waals surface area (Å²) in [5, 5.41) is 0. The quantitative estimate of drug-likeness (QED) is 0.673. The molecule has 2 atom stereocenters. The molecule has 2 unspecified atom stereocenters. The van der Waals surface area contributed by atoms with Gasteiger partial charge < -0.3 is 19.6 Å². The van der Waals surface area contributed by atoms with E-state index in [1.54, 1.807) is 18.0 Å². The van der Waals surface area contributed by atoms with E-state index in [-0.39, 0.29) is 42.7 Å². The van der Waals surface area contributed by atoms with Crippen molar-refractivity contribution in [2.45, 2.75) is 24.2 Å². The van der Waals surface area contributed by atoms with E-state index in [0.717, 1.165) is 12.2 Å². The Balaban J connectivity index is 1.35. The summed E-state index contributed by atoms with van der Waals surface area (Å²) in [6, 6.07) is 5.09. The van der Waals surface area contributed by atoms with Gasteiger partial charge in [0.05, 0.1) is 0 Å². The van der Waals surface area contributed by atoms with Crippen LogP contribution in [0.25, 0.3) is 6.08 Å². The molecule has 0 bridgehead atoms. The van der Waals surface area contributed by atoms with Crippen LogP contribution in [0.2, 0.25) is 0 Å². The lowest BCUT2D eigenvalue weighted by Gasteiger charge is -2.33. The van der Waals surface area contributed by atoms with Crippen LogP contribution >= 0.6 is 0 Å². The summed E-state index contributed by atoms with van der Waals surface area (Å²) in [5.74, 6) is 1.84. The van der Waals surface area contributed by atoms with Gasteiger partial charge in [0.2, 0.25) is 15.9 Å². The van der Waals surface area contributed by atoms with Crippen LogP contribution in [0.15, 0.2) is 39.8 Å². The number of amides is 2. The van der Waals surface area contributed by atoms with E-state index in [0.29, 0.717) is 17.6 Å². The highest BCUT2D eigenvalue weighted by Gasteiger charge is 2.36. The predicted octanol–water partition coefficient (Wildman–Crippen LogP) is 1.39. The summed E-state index contributed by atoms with van der Waals surface area (Å²) in [6.45, 7) is 3.09. The molecule has 31 heavy (non-hydrogen) atoms. The number of nitrogens with zero attached hydrogens (tertiary/aromatic N) is 3. The Labute approximate surface area is 181 Å². The third-order valence-electron chi connectivity index (χ3n) is 5.93. The van der Waals surface area contributed by atoms with Crippen molar-refractivity contribution < 1.29 is 22.4 Å². The monoisotopic (exact) mass is 446 g/mol. The molecule has 1 saturated heterocycles.